The third kappa shape index (κ3) is 4.31. The third-order valence-corrected chi connectivity index (χ3v) is 2.98. The molecule has 6 heteroatoms. The number of carbonyl (C=O) groups excluding carboxylic acids is 1. The first-order valence-corrected chi connectivity index (χ1v) is 6.61. The predicted molar refractivity (Wildman–Crippen MR) is 73.0 cm³/mol. The summed E-state index contributed by atoms with van der Waals surface area (Å²) in [6.07, 6.45) is 1.07. The summed E-state index contributed by atoms with van der Waals surface area (Å²) < 4.78 is 0.669. The van der Waals surface area contributed by atoms with Crippen molar-refractivity contribution in [1.29, 1.82) is 0 Å². The van der Waals surface area contributed by atoms with E-state index in [-0.39, 0.29) is 0 Å². The lowest BCUT2D eigenvalue weighted by Crippen LogP contribution is -2.40. The van der Waals surface area contributed by atoms with Crippen LogP contribution in [-0.2, 0) is 4.79 Å². The van der Waals surface area contributed by atoms with Gasteiger partial charge in [-0.25, -0.2) is 4.79 Å². The lowest BCUT2D eigenvalue weighted by atomic mass is 10.1. The SMILES string of the molecule is CCCC(NC(=O)c1cc(Cl)cc(Br)c1)C(=O)O. The first-order valence-electron chi connectivity index (χ1n) is 5.43. The van der Waals surface area contributed by atoms with Crippen molar-refractivity contribution in [2.75, 3.05) is 0 Å². The molecule has 0 heterocycles. The summed E-state index contributed by atoms with van der Waals surface area (Å²) in [6, 6.07) is 3.86. The molecule has 18 heavy (non-hydrogen) atoms. The van der Waals surface area contributed by atoms with Gasteiger partial charge >= 0.3 is 5.97 Å². The lowest BCUT2D eigenvalue weighted by molar-refractivity contribution is -0.139. The summed E-state index contributed by atoms with van der Waals surface area (Å²) >= 11 is 9.05. The second-order valence-corrected chi connectivity index (χ2v) is 5.16. The van der Waals surface area contributed by atoms with E-state index in [1.54, 1.807) is 12.1 Å². The predicted octanol–water partition coefficient (Wildman–Crippen LogP) is 3.09. The highest BCUT2D eigenvalue weighted by Crippen LogP contribution is 2.19. The Kier molecular flexibility index (Phi) is 5.62. The third-order valence-electron chi connectivity index (χ3n) is 2.31. The van der Waals surface area contributed by atoms with Gasteiger partial charge in [-0.05, 0) is 24.6 Å². The van der Waals surface area contributed by atoms with E-state index in [1.165, 1.54) is 6.07 Å². The Bertz CT molecular complexity index is 444. The van der Waals surface area contributed by atoms with Crippen molar-refractivity contribution < 1.29 is 14.7 Å². The fourth-order valence-electron chi connectivity index (χ4n) is 1.47. The van der Waals surface area contributed by atoms with Crippen LogP contribution in [0.4, 0.5) is 0 Å². The van der Waals surface area contributed by atoms with E-state index in [0.29, 0.717) is 27.9 Å². The second-order valence-electron chi connectivity index (χ2n) is 3.81. The standard InChI is InChI=1S/C12H13BrClNO3/c1-2-3-10(12(17)18)15-11(16)7-4-8(13)6-9(14)5-7/h4-6,10H,2-3H2,1H3,(H,15,16)(H,17,18). The number of amides is 1. The van der Waals surface area contributed by atoms with Crippen LogP contribution in [0.3, 0.4) is 0 Å². The van der Waals surface area contributed by atoms with Crippen LogP contribution in [0.1, 0.15) is 30.1 Å². The Morgan fingerprint density at radius 3 is 2.61 bits per heavy atom. The minimum Gasteiger partial charge on any atom is -0.480 e. The smallest absolute Gasteiger partial charge is 0.326 e. The number of aliphatic carboxylic acids is 1. The first-order chi connectivity index (χ1) is 8.43. The molecule has 1 atom stereocenters. The van der Waals surface area contributed by atoms with Crippen LogP contribution in [0.5, 0.6) is 0 Å². The molecule has 1 aromatic carbocycles. The molecule has 0 aliphatic heterocycles. The van der Waals surface area contributed by atoms with Crippen molar-refractivity contribution >= 4 is 39.4 Å². The van der Waals surface area contributed by atoms with Crippen LogP contribution < -0.4 is 5.32 Å². The second kappa shape index (κ2) is 6.75. The van der Waals surface area contributed by atoms with Gasteiger partial charge in [0.2, 0.25) is 0 Å². The Morgan fingerprint density at radius 1 is 1.44 bits per heavy atom. The fraction of sp³-hybridized carbons (Fsp3) is 0.333. The van der Waals surface area contributed by atoms with Crippen molar-refractivity contribution in [2.24, 2.45) is 0 Å². The molecule has 0 bridgehead atoms. The molecule has 0 saturated carbocycles. The maximum Gasteiger partial charge on any atom is 0.326 e. The van der Waals surface area contributed by atoms with Gasteiger partial charge in [0.15, 0.2) is 0 Å². The van der Waals surface area contributed by atoms with Crippen LogP contribution in [0, 0.1) is 0 Å². The average Bonchev–Trinajstić information content (AvgIpc) is 2.26. The molecule has 1 unspecified atom stereocenters. The molecule has 1 amide bonds. The number of carboxylic acid groups (broad SMARTS) is 1. The lowest BCUT2D eigenvalue weighted by Gasteiger charge is -2.13. The van der Waals surface area contributed by atoms with Crippen molar-refractivity contribution in [3.05, 3.63) is 33.3 Å². The minimum atomic E-state index is -1.04. The summed E-state index contributed by atoms with van der Waals surface area (Å²) in [5.74, 6) is -1.48. The van der Waals surface area contributed by atoms with Gasteiger partial charge in [-0.3, -0.25) is 4.79 Å². The van der Waals surface area contributed by atoms with Crippen molar-refractivity contribution in [3.63, 3.8) is 0 Å². The molecule has 4 nitrogen and oxygen atoms in total. The Labute approximate surface area is 118 Å². The molecule has 0 fully saturated rings. The molecule has 0 aliphatic rings. The average molecular weight is 335 g/mol. The maximum atomic E-state index is 11.9. The monoisotopic (exact) mass is 333 g/mol. The van der Waals surface area contributed by atoms with Gasteiger partial charge in [-0.2, -0.15) is 0 Å². The molecule has 0 saturated heterocycles. The number of rotatable bonds is 5. The van der Waals surface area contributed by atoms with Gasteiger partial charge in [-0.1, -0.05) is 40.9 Å². The van der Waals surface area contributed by atoms with E-state index < -0.39 is 17.9 Å². The van der Waals surface area contributed by atoms with Gasteiger partial charge in [0.05, 0.1) is 0 Å². The first kappa shape index (κ1) is 15.0. The highest BCUT2D eigenvalue weighted by molar-refractivity contribution is 9.10. The summed E-state index contributed by atoms with van der Waals surface area (Å²) in [5, 5.41) is 11.8. The van der Waals surface area contributed by atoms with Gasteiger partial charge in [0, 0.05) is 15.1 Å². The van der Waals surface area contributed by atoms with Crippen LogP contribution >= 0.6 is 27.5 Å². The quantitative estimate of drug-likeness (QED) is 0.869. The van der Waals surface area contributed by atoms with E-state index in [0.717, 1.165) is 0 Å². The number of benzene rings is 1. The van der Waals surface area contributed by atoms with E-state index in [1.807, 2.05) is 6.92 Å². The maximum absolute atomic E-state index is 11.9. The zero-order chi connectivity index (χ0) is 13.7. The molecule has 0 spiro atoms. The summed E-state index contributed by atoms with van der Waals surface area (Å²) in [5.41, 5.74) is 0.330. The minimum absolute atomic E-state index is 0.330. The number of halogens is 2. The highest BCUT2D eigenvalue weighted by Gasteiger charge is 2.19. The molecule has 1 aromatic rings. The van der Waals surface area contributed by atoms with Gasteiger partial charge in [0.25, 0.3) is 5.91 Å². The van der Waals surface area contributed by atoms with Gasteiger partial charge in [-0.15, -0.1) is 0 Å². The summed E-state index contributed by atoms with van der Waals surface area (Å²) in [4.78, 5) is 22.8. The summed E-state index contributed by atoms with van der Waals surface area (Å²) in [6.45, 7) is 1.86. The van der Waals surface area contributed by atoms with Crippen molar-refractivity contribution in [3.8, 4) is 0 Å². The van der Waals surface area contributed by atoms with E-state index >= 15 is 0 Å². The number of nitrogens with one attached hydrogen (secondary N) is 1. The van der Waals surface area contributed by atoms with E-state index in [9.17, 15) is 9.59 Å². The molecular weight excluding hydrogens is 321 g/mol. The number of carboxylic acids is 1. The summed E-state index contributed by atoms with van der Waals surface area (Å²) in [7, 11) is 0. The van der Waals surface area contributed by atoms with Crippen LogP contribution in [0.25, 0.3) is 0 Å². The fourth-order valence-corrected chi connectivity index (χ4v) is 2.33. The number of carbonyl (C=O) groups is 2. The normalized spacial score (nSPS) is 11.9. The molecule has 1 rings (SSSR count). The Balaban J connectivity index is 2.83. The van der Waals surface area contributed by atoms with Crippen LogP contribution in [-0.4, -0.2) is 23.0 Å². The van der Waals surface area contributed by atoms with Crippen LogP contribution in [0.15, 0.2) is 22.7 Å². The molecule has 2 N–H and O–H groups in total. The Hall–Kier alpha value is -1.07. The van der Waals surface area contributed by atoms with Crippen molar-refractivity contribution in [2.45, 2.75) is 25.8 Å². The van der Waals surface area contributed by atoms with E-state index in [4.69, 9.17) is 16.7 Å². The highest BCUT2D eigenvalue weighted by atomic mass is 79.9. The van der Waals surface area contributed by atoms with Crippen molar-refractivity contribution in [1.82, 2.24) is 5.32 Å². The molecule has 98 valence electrons. The van der Waals surface area contributed by atoms with Crippen LogP contribution in [0.2, 0.25) is 5.02 Å². The molecule has 0 aromatic heterocycles. The molecule has 0 radical (unpaired) electrons. The number of hydrogen-bond donors (Lipinski definition) is 2. The van der Waals surface area contributed by atoms with E-state index in [2.05, 4.69) is 21.2 Å². The largest absolute Gasteiger partial charge is 0.480 e. The molecule has 0 aliphatic carbocycles. The van der Waals surface area contributed by atoms with Gasteiger partial charge in [0.1, 0.15) is 6.04 Å². The Morgan fingerprint density at radius 2 is 2.11 bits per heavy atom. The topological polar surface area (TPSA) is 66.4 Å². The zero-order valence-corrected chi connectivity index (χ0v) is 12.1. The zero-order valence-electron chi connectivity index (χ0n) is 9.74. The molecular formula is C12H13BrClNO3. The van der Waals surface area contributed by atoms with Gasteiger partial charge < -0.3 is 10.4 Å². The number of hydrogen-bond acceptors (Lipinski definition) is 2.